The summed E-state index contributed by atoms with van der Waals surface area (Å²) in [4.78, 5) is 11.5. The molecule has 1 unspecified atom stereocenters. The summed E-state index contributed by atoms with van der Waals surface area (Å²) in [6, 6.07) is 0.131. The molecule has 0 aromatic rings. The van der Waals surface area contributed by atoms with Crippen LogP contribution >= 0.6 is 0 Å². The van der Waals surface area contributed by atoms with Crippen molar-refractivity contribution in [2.24, 2.45) is 11.7 Å². The predicted octanol–water partition coefficient (Wildman–Crippen LogP) is 1.01. The van der Waals surface area contributed by atoms with Crippen molar-refractivity contribution >= 4 is 5.91 Å². The molecule has 1 saturated carbocycles. The van der Waals surface area contributed by atoms with Gasteiger partial charge in [-0.05, 0) is 31.7 Å². The van der Waals surface area contributed by atoms with E-state index >= 15 is 0 Å². The number of hydrogen-bond acceptors (Lipinski definition) is 3. The van der Waals surface area contributed by atoms with Gasteiger partial charge in [0.05, 0.1) is 0 Å². The molecule has 17 heavy (non-hydrogen) atoms. The van der Waals surface area contributed by atoms with E-state index in [4.69, 9.17) is 5.73 Å². The Kier molecular flexibility index (Phi) is 7.21. The molecular weight excluding hydrogens is 214 g/mol. The van der Waals surface area contributed by atoms with E-state index in [-0.39, 0.29) is 11.9 Å². The summed E-state index contributed by atoms with van der Waals surface area (Å²) < 4.78 is 0. The van der Waals surface area contributed by atoms with Crippen LogP contribution in [0, 0.1) is 5.92 Å². The molecule has 4 N–H and O–H groups in total. The van der Waals surface area contributed by atoms with Crippen molar-refractivity contribution < 1.29 is 4.79 Å². The first-order valence-electron chi connectivity index (χ1n) is 6.96. The van der Waals surface area contributed by atoms with Gasteiger partial charge in [0.25, 0.3) is 0 Å². The third-order valence-corrected chi connectivity index (χ3v) is 3.21. The highest BCUT2D eigenvalue weighted by Gasteiger charge is 2.20. The van der Waals surface area contributed by atoms with Crippen LogP contribution in [0.2, 0.25) is 0 Å². The average molecular weight is 241 g/mol. The lowest BCUT2D eigenvalue weighted by atomic mass is 10.1. The summed E-state index contributed by atoms with van der Waals surface area (Å²) in [5.41, 5.74) is 5.66. The van der Waals surface area contributed by atoms with Gasteiger partial charge in [-0.3, -0.25) is 4.79 Å². The smallest absolute Gasteiger partial charge is 0.221 e. The van der Waals surface area contributed by atoms with E-state index < -0.39 is 0 Å². The van der Waals surface area contributed by atoms with E-state index in [0.29, 0.717) is 13.0 Å². The van der Waals surface area contributed by atoms with Crippen LogP contribution in [-0.4, -0.2) is 31.6 Å². The van der Waals surface area contributed by atoms with E-state index in [9.17, 15) is 4.79 Å². The molecule has 0 heterocycles. The van der Waals surface area contributed by atoms with Crippen molar-refractivity contribution in [3.05, 3.63) is 0 Å². The molecule has 0 spiro atoms. The maximum atomic E-state index is 11.5. The SMILES string of the molecule is CCCNC(=O)CC(CN)NCCCC1CC1. The minimum absolute atomic E-state index is 0.108. The zero-order chi connectivity index (χ0) is 12.5. The number of hydrogen-bond donors (Lipinski definition) is 3. The molecule has 0 saturated heterocycles. The van der Waals surface area contributed by atoms with Gasteiger partial charge in [-0.15, -0.1) is 0 Å². The fraction of sp³-hybridized carbons (Fsp3) is 0.923. The molecule has 4 heteroatoms. The van der Waals surface area contributed by atoms with E-state index in [1.54, 1.807) is 0 Å². The average Bonchev–Trinajstić information content (AvgIpc) is 3.14. The van der Waals surface area contributed by atoms with Crippen molar-refractivity contribution in [3.63, 3.8) is 0 Å². The molecule has 1 fully saturated rings. The maximum absolute atomic E-state index is 11.5. The fourth-order valence-electron chi connectivity index (χ4n) is 1.90. The first-order chi connectivity index (χ1) is 8.26. The highest BCUT2D eigenvalue weighted by molar-refractivity contribution is 5.76. The van der Waals surface area contributed by atoms with Gasteiger partial charge in [0, 0.05) is 25.6 Å². The molecule has 0 aliphatic heterocycles. The molecule has 1 amide bonds. The third-order valence-electron chi connectivity index (χ3n) is 3.21. The van der Waals surface area contributed by atoms with Crippen molar-refractivity contribution in [2.45, 2.75) is 51.5 Å². The second-order valence-electron chi connectivity index (χ2n) is 5.03. The predicted molar refractivity (Wildman–Crippen MR) is 70.7 cm³/mol. The first kappa shape index (κ1) is 14.5. The van der Waals surface area contributed by atoms with Crippen LogP contribution in [0.25, 0.3) is 0 Å². The number of carbonyl (C=O) groups excluding carboxylic acids is 1. The summed E-state index contributed by atoms with van der Waals surface area (Å²) >= 11 is 0. The van der Waals surface area contributed by atoms with Gasteiger partial charge in [-0.1, -0.05) is 19.8 Å². The highest BCUT2D eigenvalue weighted by atomic mass is 16.1. The summed E-state index contributed by atoms with van der Waals surface area (Å²) in [5.74, 6) is 1.10. The van der Waals surface area contributed by atoms with Gasteiger partial charge in [-0.2, -0.15) is 0 Å². The molecule has 100 valence electrons. The minimum Gasteiger partial charge on any atom is -0.356 e. The molecule has 1 atom stereocenters. The summed E-state index contributed by atoms with van der Waals surface area (Å²) in [6.07, 6.45) is 6.84. The van der Waals surface area contributed by atoms with Gasteiger partial charge >= 0.3 is 0 Å². The van der Waals surface area contributed by atoms with Crippen LogP contribution in [0.1, 0.15) is 45.4 Å². The monoisotopic (exact) mass is 241 g/mol. The molecule has 4 nitrogen and oxygen atoms in total. The topological polar surface area (TPSA) is 67.2 Å². The molecule has 1 aliphatic rings. The Morgan fingerprint density at radius 1 is 1.41 bits per heavy atom. The summed E-state index contributed by atoms with van der Waals surface area (Å²) in [5, 5.41) is 6.26. The summed E-state index contributed by atoms with van der Waals surface area (Å²) in [7, 11) is 0. The Labute approximate surface area is 105 Å². The number of amides is 1. The van der Waals surface area contributed by atoms with Gasteiger partial charge < -0.3 is 16.4 Å². The lowest BCUT2D eigenvalue weighted by Crippen LogP contribution is -2.41. The Hall–Kier alpha value is -0.610. The molecule has 0 aromatic carbocycles. The molecule has 0 aromatic heterocycles. The second kappa shape index (κ2) is 8.48. The molecular formula is C13H27N3O. The van der Waals surface area contributed by atoms with E-state index in [1.165, 1.54) is 25.7 Å². The van der Waals surface area contributed by atoms with E-state index in [2.05, 4.69) is 17.6 Å². The minimum atomic E-state index is 0.108. The number of nitrogens with two attached hydrogens (primary N) is 1. The van der Waals surface area contributed by atoms with Gasteiger partial charge in [0.15, 0.2) is 0 Å². The van der Waals surface area contributed by atoms with Crippen LogP contribution in [-0.2, 0) is 4.79 Å². The normalized spacial score (nSPS) is 16.8. The zero-order valence-corrected chi connectivity index (χ0v) is 11.0. The lowest BCUT2D eigenvalue weighted by Gasteiger charge is -2.16. The zero-order valence-electron chi connectivity index (χ0n) is 11.0. The maximum Gasteiger partial charge on any atom is 0.221 e. The van der Waals surface area contributed by atoms with Crippen LogP contribution in [0.4, 0.5) is 0 Å². The number of nitrogens with one attached hydrogen (secondary N) is 2. The fourth-order valence-corrected chi connectivity index (χ4v) is 1.90. The molecule has 1 rings (SSSR count). The number of rotatable bonds is 10. The van der Waals surface area contributed by atoms with Gasteiger partial charge in [-0.25, -0.2) is 0 Å². The van der Waals surface area contributed by atoms with E-state index in [0.717, 1.165) is 25.4 Å². The first-order valence-corrected chi connectivity index (χ1v) is 6.96. The number of carbonyl (C=O) groups is 1. The molecule has 0 bridgehead atoms. The van der Waals surface area contributed by atoms with Gasteiger partial charge in [0.2, 0.25) is 5.91 Å². The Morgan fingerprint density at radius 3 is 2.76 bits per heavy atom. The van der Waals surface area contributed by atoms with Crippen molar-refractivity contribution in [1.82, 2.24) is 10.6 Å². The lowest BCUT2D eigenvalue weighted by molar-refractivity contribution is -0.121. The third kappa shape index (κ3) is 7.34. The van der Waals surface area contributed by atoms with E-state index in [1.807, 2.05) is 0 Å². The summed E-state index contributed by atoms with van der Waals surface area (Å²) in [6.45, 7) is 4.33. The van der Waals surface area contributed by atoms with Crippen molar-refractivity contribution in [3.8, 4) is 0 Å². The van der Waals surface area contributed by atoms with Crippen LogP contribution in [0.3, 0.4) is 0 Å². The van der Waals surface area contributed by atoms with Crippen molar-refractivity contribution in [2.75, 3.05) is 19.6 Å². The molecule has 1 aliphatic carbocycles. The van der Waals surface area contributed by atoms with Crippen LogP contribution < -0.4 is 16.4 Å². The van der Waals surface area contributed by atoms with Crippen LogP contribution in [0.5, 0.6) is 0 Å². The Balaban J connectivity index is 2.02. The highest BCUT2D eigenvalue weighted by Crippen LogP contribution is 2.33. The van der Waals surface area contributed by atoms with Crippen molar-refractivity contribution in [1.29, 1.82) is 0 Å². The quantitative estimate of drug-likeness (QED) is 0.500. The van der Waals surface area contributed by atoms with Crippen LogP contribution in [0.15, 0.2) is 0 Å². The largest absolute Gasteiger partial charge is 0.356 e. The van der Waals surface area contributed by atoms with Gasteiger partial charge in [0.1, 0.15) is 0 Å². The Morgan fingerprint density at radius 2 is 2.18 bits per heavy atom. The second-order valence-corrected chi connectivity index (χ2v) is 5.03. The molecule has 0 radical (unpaired) electrons. The Bertz CT molecular complexity index is 217. The standard InChI is InChI=1S/C13H27N3O/c1-2-7-16-13(17)9-12(10-14)15-8-3-4-11-5-6-11/h11-12,15H,2-10,14H2,1H3,(H,16,17).